The van der Waals surface area contributed by atoms with Crippen molar-refractivity contribution in [3.05, 3.63) is 54.1 Å². The lowest BCUT2D eigenvalue weighted by Gasteiger charge is -2.18. The Morgan fingerprint density at radius 3 is 2.08 bits per heavy atom. The highest BCUT2D eigenvalue weighted by Gasteiger charge is 2.21. The molecule has 7 heteroatoms. The number of carbonyl (C=O) groups excluding carboxylic acids is 1. The minimum Gasteiger partial charge on any atom is -0.497 e. The summed E-state index contributed by atoms with van der Waals surface area (Å²) >= 11 is 0. The molecule has 0 amide bonds. The lowest BCUT2D eigenvalue weighted by atomic mass is 10.1. The molecule has 0 radical (unpaired) electrons. The van der Waals surface area contributed by atoms with Crippen LogP contribution in [0.1, 0.15) is 24.2 Å². The van der Waals surface area contributed by atoms with E-state index in [1.165, 1.54) is 16.4 Å². The van der Waals surface area contributed by atoms with Crippen molar-refractivity contribution >= 4 is 21.5 Å². The molecule has 6 nitrogen and oxygen atoms in total. The summed E-state index contributed by atoms with van der Waals surface area (Å²) in [6.45, 7) is 4.53. The molecule has 0 aromatic heterocycles. The number of sulfonamides is 1. The minimum absolute atomic E-state index is 0.118. The van der Waals surface area contributed by atoms with Crippen molar-refractivity contribution in [1.82, 2.24) is 4.31 Å². The van der Waals surface area contributed by atoms with Crippen LogP contribution >= 0.6 is 0 Å². The maximum absolute atomic E-state index is 12.5. The average Bonchev–Trinajstić information content (AvgIpc) is 2.67. The topological polar surface area (TPSA) is 75.7 Å². The largest absolute Gasteiger partial charge is 0.497 e. The summed E-state index contributed by atoms with van der Waals surface area (Å²) in [6.07, 6.45) is 0. The van der Waals surface area contributed by atoms with Gasteiger partial charge in [-0.1, -0.05) is 13.8 Å². The van der Waals surface area contributed by atoms with Crippen molar-refractivity contribution in [2.75, 3.05) is 32.1 Å². The van der Waals surface area contributed by atoms with Crippen LogP contribution in [-0.2, 0) is 10.0 Å². The van der Waals surface area contributed by atoms with Gasteiger partial charge in [-0.2, -0.15) is 4.31 Å². The number of Topliss-reactive ketones (excluding diaryl/α,β-unsaturated/α-hetero) is 1. The van der Waals surface area contributed by atoms with Gasteiger partial charge in [0, 0.05) is 24.3 Å². The fourth-order valence-corrected chi connectivity index (χ4v) is 3.98. The first-order chi connectivity index (χ1) is 12.4. The van der Waals surface area contributed by atoms with E-state index in [9.17, 15) is 13.2 Å². The molecule has 0 bridgehead atoms. The van der Waals surface area contributed by atoms with Crippen molar-refractivity contribution in [3.8, 4) is 5.75 Å². The fourth-order valence-electron chi connectivity index (χ4n) is 2.52. The van der Waals surface area contributed by atoms with Gasteiger partial charge in [-0.15, -0.1) is 0 Å². The van der Waals surface area contributed by atoms with E-state index < -0.39 is 10.0 Å². The Kier molecular flexibility index (Phi) is 6.76. The molecule has 0 spiro atoms. The zero-order valence-electron chi connectivity index (χ0n) is 15.2. The Labute approximate surface area is 154 Å². The van der Waals surface area contributed by atoms with Crippen LogP contribution in [-0.4, -0.2) is 45.3 Å². The first kappa shape index (κ1) is 19.9. The molecule has 140 valence electrons. The lowest BCUT2D eigenvalue weighted by Crippen LogP contribution is -2.30. The number of ether oxygens (including phenoxy) is 1. The molecule has 1 N–H and O–H groups in total. The standard InChI is InChI=1S/C19H24N2O4S/c1-4-21(5-2)26(23,24)18-12-6-15(7-13-18)19(22)14-20-16-8-10-17(25-3)11-9-16/h6-13,20H,4-5,14H2,1-3H3. The second kappa shape index (κ2) is 8.82. The monoisotopic (exact) mass is 376 g/mol. The molecule has 0 unspecified atom stereocenters. The van der Waals surface area contributed by atoms with E-state index >= 15 is 0 Å². The number of nitrogens with one attached hydrogen (secondary N) is 1. The molecule has 0 atom stereocenters. The molecule has 0 aliphatic heterocycles. The third-order valence-corrected chi connectivity index (χ3v) is 6.13. The predicted octanol–water partition coefficient (Wildman–Crippen LogP) is 3.02. The first-order valence-electron chi connectivity index (χ1n) is 8.43. The van der Waals surface area contributed by atoms with Gasteiger partial charge in [0.1, 0.15) is 5.75 Å². The van der Waals surface area contributed by atoms with Crippen molar-refractivity contribution in [3.63, 3.8) is 0 Å². The van der Waals surface area contributed by atoms with Crippen LogP contribution in [0.2, 0.25) is 0 Å². The molecule has 0 saturated heterocycles. The van der Waals surface area contributed by atoms with Crippen LogP contribution < -0.4 is 10.1 Å². The van der Waals surface area contributed by atoms with E-state index in [-0.39, 0.29) is 17.2 Å². The van der Waals surface area contributed by atoms with Gasteiger partial charge >= 0.3 is 0 Å². The quantitative estimate of drug-likeness (QED) is 0.681. The van der Waals surface area contributed by atoms with E-state index in [0.717, 1.165) is 11.4 Å². The number of rotatable bonds is 9. The van der Waals surface area contributed by atoms with Crippen LogP contribution in [0.25, 0.3) is 0 Å². The number of ketones is 1. The molecular formula is C19H24N2O4S. The summed E-state index contributed by atoms with van der Waals surface area (Å²) < 4.78 is 31.4. The van der Waals surface area contributed by atoms with E-state index in [1.54, 1.807) is 45.2 Å². The van der Waals surface area contributed by atoms with Crippen LogP contribution in [0, 0.1) is 0 Å². The molecule has 2 aromatic carbocycles. The van der Waals surface area contributed by atoms with Gasteiger partial charge in [0.05, 0.1) is 18.6 Å². The van der Waals surface area contributed by atoms with Crippen molar-refractivity contribution < 1.29 is 17.9 Å². The third kappa shape index (κ3) is 4.62. The molecular weight excluding hydrogens is 352 g/mol. The number of methoxy groups -OCH3 is 1. The maximum Gasteiger partial charge on any atom is 0.243 e. The van der Waals surface area contributed by atoms with Gasteiger partial charge in [-0.05, 0) is 48.5 Å². The van der Waals surface area contributed by atoms with E-state index in [2.05, 4.69) is 5.32 Å². The van der Waals surface area contributed by atoms with Crippen LogP contribution in [0.5, 0.6) is 5.75 Å². The van der Waals surface area contributed by atoms with Crippen LogP contribution in [0.3, 0.4) is 0 Å². The number of nitrogens with zero attached hydrogens (tertiary/aromatic N) is 1. The third-order valence-electron chi connectivity index (χ3n) is 4.06. The number of anilines is 1. The van der Waals surface area contributed by atoms with Gasteiger partial charge in [0.2, 0.25) is 10.0 Å². The maximum atomic E-state index is 12.5. The fraction of sp³-hybridized carbons (Fsp3) is 0.316. The SMILES string of the molecule is CCN(CC)S(=O)(=O)c1ccc(C(=O)CNc2ccc(OC)cc2)cc1. The molecule has 26 heavy (non-hydrogen) atoms. The second-order valence-corrected chi connectivity index (χ2v) is 7.56. The van der Waals surface area contributed by atoms with Crippen LogP contribution in [0.4, 0.5) is 5.69 Å². The Morgan fingerprint density at radius 1 is 1.00 bits per heavy atom. The average molecular weight is 376 g/mol. The van der Waals surface area contributed by atoms with Crippen LogP contribution in [0.15, 0.2) is 53.4 Å². The Hall–Kier alpha value is -2.38. The number of benzene rings is 2. The summed E-state index contributed by atoms with van der Waals surface area (Å²) in [5, 5.41) is 3.04. The van der Waals surface area contributed by atoms with E-state index in [1.807, 2.05) is 12.1 Å². The zero-order valence-corrected chi connectivity index (χ0v) is 16.0. The number of hydrogen-bond donors (Lipinski definition) is 1. The normalized spacial score (nSPS) is 11.4. The smallest absolute Gasteiger partial charge is 0.243 e. The highest BCUT2D eigenvalue weighted by Crippen LogP contribution is 2.17. The Bertz CT molecular complexity index is 827. The first-order valence-corrected chi connectivity index (χ1v) is 9.87. The Morgan fingerprint density at radius 2 is 1.58 bits per heavy atom. The van der Waals surface area contributed by atoms with Gasteiger partial charge in [-0.3, -0.25) is 4.79 Å². The molecule has 2 rings (SSSR count). The van der Waals surface area contributed by atoms with Crippen molar-refractivity contribution in [2.24, 2.45) is 0 Å². The molecule has 0 aliphatic carbocycles. The van der Waals surface area contributed by atoms with Crippen molar-refractivity contribution in [2.45, 2.75) is 18.7 Å². The van der Waals surface area contributed by atoms with Gasteiger partial charge in [-0.25, -0.2) is 8.42 Å². The lowest BCUT2D eigenvalue weighted by molar-refractivity contribution is 0.101. The highest BCUT2D eigenvalue weighted by molar-refractivity contribution is 7.89. The summed E-state index contributed by atoms with van der Waals surface area (Å²) in [5.74, 6) is 0.625. The number of carbonyl (C=O) groups is 1. The molecule has 0 heterocycles. The molecule has 0 aliphatic rings. The Balaban J connectivity index is 2.04. The summed E-state index contributed by atoms with van der Waals surface area (Å²) in [5.41, 5.74) is 1.27. The minimum atomic E-state index is -3.51. The predicted molar refractivity (Wildman–Crippen MR) is 102 cm³/mol. The molecule has 0 saturated carbocycles. The summed E-state index contributed by atoms with van der Waals surface area (Å²) in [4.78, 5) is 12.5. The summed E-state index contributed by atoms with van der Waals surface area (Å²) in [6, 6.07) is 13.3. The van der Waals surface area contributed by atoms with E-state index in [0.29, 0.717) is 18.7 Å². The second-order valence-electron chi connectivity index (χ2n) is 5.62. The van der Waals surface area contributed by atoms with Gasteiger partial charge in [0.25, 0.3) is 0 Å². The van der Waals surface area contributed by atoms with Gasteiger partial charge in [0.15, 0.2) is 5.78 Å². The zero-order chi connectivity index (χ0) is 19.2. The summed E-state index contributed by atoms with van der Waals surface area (Å²) in [7, 11) is -1.92. The number of hydrogen-bond acceptors (Lipinski definition) is 5. The van der Waals surface area contributed by atoms with Crippen molar-refractivity contribution in [1.29, 1.82) is 0 Å². The molecule has 2 aromatic rings. The van der Waals surface area contributed by atoms with E-state index in [4.69, 9.17) is 4.74 Å². The van der Waals surface area contributed by atoms with Gasteiger partial charge < -0.3 is 10.1 Å². The highest BCUT2D eigenvalue weighted by atomic mass is 32.2. The molecule has 0 fully saturated rings.